The number of rotatable bonds is 7. The molecule has 3 aromatic carbocycles. The maximum Gasteiger partial charge on any atom is 0.255 e. The van der Waals surface area contributed by atoms with Crippen molar-refractivity contribution in [2.24, 2.45) is 0 Å². The van der Waals surface area contributed by atoms with Crippen molar-refractivity contribution in [3.63, 3.8) is 0 Å². The molecule has 3 aromatic rings. The average Bonchev–Trinajstić information content (AvgIpc) is 3.21. The zero-order valence-corrected chi connectivity index (χ0v) is 19.5. The molecule has 0 saturated carbocycles. The molecule has 0 aromatic heterocycles. The van der Waals surface area contributed by atoms with Crippen LogP contribution in [0, 0.1) is 0 Å². The van der Waals surface area contributed by atoms with Crippen molar-refractivity contribution < 1.29 is 23.9 Å². The Morgan fingerprint density at radius 2 is 1.72 bits per heavy atom. The number of imide groups is 1. The second-order valence-corrected chi connectivity index (χ2v) is 8.87. The fraction of sp³-hybridized carbons (Fsp3) is 0.214. The van der Waals surface area contributed by atoms with Gasteiger partial charge >= 0.3 is 0 Å². The van der Waals surface area contributed by atoms with E-state index in [0.29, 0.717) is 23.4 Å². The molecule has 1 atom stereocenters. The maximum absolute atomic E-state index is 13.0. The molecule has 182 valence electrons. The minimum absolute atomic E-state index is 0.160. The Morgan fingerprint density at radius 3 is 2.47 bits per heavy atom. The molecule has 4 amide bonds. The number of amides is 4. The number of ether oxygens (including phenoxy) is 1. The van der Waals surface area contributed by atoms with Crippen molar-refractivity contribution in [2.45, 2.75) is 38.5 Å². The smallest absolute Gasteiger partial charge is 0.255 e. The highest BCUT2D eigenvalue weighted by Crippen LogP contribution is 2.32. The Kier molecular flexibility index (Phi) is 6.49. The van der Waals surface area contributed by atoms with E-state index in [4.69, 9.17) is 4.74 Å². The normalized spacial score (nSPS) is 16.9. The third kappa shape index (κ3) is 4.98. The molecule has 8 heteroatoms. The van der Waals surface area contributed by atoms with Crippen LogP contribution in [0.15, 0.2) is 72.8 Å². The number of hydrogen-bond donors (Lipinski definition) is 2. The summed E-state index contributed by atoms with van der Waals surface area (Å²) in [5, 5.41) is 5.21. The van der Waals surface area contributed by atoms with Crippen LogP contribution < -0.4 is 15.4 Å². The van der Waals surface area contributed by atoms with Crippen molar-refractivity contribution >= 4 is 29.3 Å². The number of fused-ring (bicyclic) bond motifs is 1. The van der Waals surface area contributed by atoms with E-state index in [0.717, 1.165) is 16.9 Å². The molecule has 5 rings (SSSR count). The van der Waals surface area contributed by atoms with Gasteiger partial charge in [-0.25, -0.2) is 0 Å². The van der Waals surface area contributed by atoms with Crippen LogP contribution in [0.1, 0.15) is 39.9 Å². The molecule has 1 unspecified atom stereocenters. The van der Waals surface area contributed by atoms with Gasteiger partial charge in [-0.3, -0.25) is 24.5 Å². The Bertz CT molecular complexity index is 1320. The molecule has 2 N–H and O–H groups in total. The first kappa shape index (κ1) is 23.3. The van der Waals surface area contributed by atoms with E-state index in [1.807, 2.05) is 54.6 Å². The summed E-state index contributed by atoms with van der Waals surface area (Å²) in [6.45, 7) is 0.665. The molecular formula is C28H25N3O5. The van der Waals surface area contributed by atoms with Crippen LogP contribution in [-0.4, -0.2) is 34.6 Å². The Balaban J connectivity index is 1.21. The van der Waals surface area contributed by atoms with Crippen molar-refractivity contribution in [3.05, 3.63) is 95.1 Å². The predicted molar refractivity (Wildman–Crippen MR) is 132 cm³/mol. The topological polar surface area (TPSA) is 105 Å². The van der Waals surface area contributed by atoms with Gasteiger partial charge in [0.05, 0.1) is 6.42 Å². The number of nitrogens with zero attached hydrogens (tertiary/aromatic N) is 1. The number of nitrogens with one attached hydrogen (secondary N) is 2. The van der Waals surface area contributed by atoms with E-state index < -0.39 is 11.9 Å². The fourth-order valence-electron chi connectivity index (χ4n) is 4.53. The van der Waals surface area contributed by atoms with Gasteiger partial charge in [0.15, 0.2) is 0 Å². The van der Waals surface area contributed by atoms with Crippen molar-refractivity contribution in [3.8, 4) is 5.75 Å². The van der Waals surface area contributed by atoms with E-state index >= 15 is 0 Å². The highest BCUT2D eigenvalue weighted by atomic mass is 16.5. The summed E-state index contributed by atoms with van der Waals surface area (Å²) in [6.07, 6.45) is 0.640. The fourth-order valence-corrected chi connectivity index (χ4v) is 4.53. The zero-order chi connectivity index (χ0) is 25.1. The minimum atomic E-state index is -0.700. The second-order valence-electron chi connectivity index (χ2n) is 8.87. The lowest BCUT2D eigenvalue weighted by atomic mass is 10.0. The quantitative estimate of drug-likeness (QED) is 0.502. The van der Waals surface area contributed by atoms with Gasteiger partial charge in [-0.1, -0.05) is 48.5 Å². The largest absolute Gasteiger partial charge is 0.489 e. The molecule has 1 saturated heterocycles. The van der Waals surface area contributed by atoms with Gasteiger partial charge in [0, 0.05) is 29.8 Å². The minimum Gasteiger partial charge on any atom is -0.489 e. The zero-order valence-electron chi connectivity index (χ0n) is 19.5. The maximum atomic E-state index is 13.0. The number of carbonyl (C=O) groups excluding carboxylic acids is 4. The molecule has 36 heavy (non-hydrogen) atoms. The standard InChI is InChI=1S/C28H25N3O5/c32-25-14-13-24(27(34)30-25)31-16-22-21(28(31)35)7-4-8-23(22)29-26(33)15-18-9-11-20(12-10-18)36-17-19-5-2-1-3-6-19/h1-12,24H,13-17H2,(H,29,33)(H,30,32,34). The lowest BCUT2D eigenvalue weighted by Gasteiger charge is -2.29. The first-order chi connectivity index (χ1) is 17.5. The van der Waals surface area contributed by atoms with Crippen LogP contribution in [-0.2, 0) is 34.0 Å². The third-order valence-corrected chi connectivity index (χ3v) is 6.39. The summed E-state index contributed by atoms with van der Waals surface area (Å²) in [6, 6.07) is 21.7. The Morgan fingerprint density at radius 1 is 0.944 bits per heavy atom. The highest BCUT2D eigenvalue weighted by molar-refractivity contribution is 6.06. The van der Waals surface area contributed by atoms with Crippen molar-refractivity contribution in [1.82, 2.24) is 10.2 Å². The van der Waals surface area contributed by atoms with Crippen molar-refractivity contribution in [1.29, 1.82) is 0 Å². The summed E-state index contributed by atoms with van der Waals surface area (Å²) in [7, 11) is 0. The molecule has 2 aliphatic heterocycles. The Hall–Kier alpha value is -4.46. The lowest BCUT2D eigenvalue weighted by molar-refractivity contribution is -0.137. The molecule has 0 radical (unpaired) electrons. The SMILES string of the molecule is O=C1CCC(N2Cc3c(NC(=O)Cc4ccc(OCc5ccccc5)cc4)cccc3C2=O)C(=O)N1. The van der Waals surface area contributed by atoms with E-state index in [1.54, 1.807) is 18.2 Å². The number of anilines is 1. The number of piperidine rings is 1. The van der Waals surface area contributed by atoms with Crippen LogP contribution in [0.5, 0.6) is 5.75 Å². The average molecular weight is 484 g/mol. The molecule has 0 aliphatic carbocycles. The van der Waals surface area contributed by atoms with Gasteiger partial charge < -0.3 is 15.0 Å². The first-order valence-corrected chi connectivity index (χ1v) is 11.8. The number of carbonyl (C=O) groups is 4. The van der Waals surface area contributed by atoms with Crippen LogP contribution in [0.25, 0.3) is 0 Å². The van der Waals surface area contributed by atoms with E-state index in [9.17, 15) is 19.2 Å². The number of benzene rings is 3. The monoisotopic (exact) mass is 483 g/mol. The predicted octanol–water partition coefficient (Wildman–Crippen LogP) is 3.21. The van der Waals surface area contributed by atoms with Crippen molar-refractivity contribution in [2.75, 3.05) is 5.32 Å². The lowest BCUT2D eigenvalue weighted by Crippen LogP contribution is -2.52. The highest BCUT2D eigenvalue weighted by Gasteiger charge is 2.39. The van der Waals surface area contributed by atoms with Gasteiger partial charge in [-0.05, 0) is 41.8 Å². The molecule has 2 aliphatic rings. The summed E-state index contributed by atoms with van der Waals surface area (Å²) < 4.78 is 5.80. The van der Waals surface area contributed by atoms with E-state index in [-0.39, 0.29) is 43.5 Å². The van der Waals surface area contributed by atoms with Gasteiger partial charge in [0.2, 0.25) is 17.7 Å². The first-order valence-electron chi connectivity index (χ1n) is 11.8. The third-order valence-electron chi connectivity index (χ3n) is 6.39. The van der Waals surface area contributed by atoms with Crippen LogP contribution in [0.2, 0.25) is 0 Å². The molecule has 0 bridgehead atoms. The van der Waals surface area contributed by atoms with Crippen LogP contribution in [0.4, 0.5) is 5.69 Å². The summed E-state index contributed by atoms with van der Waals surface area (Å²) >= 11 is 0. The Labute approximate surface area is 208 Å². The van der Waals surface area contributed by atoms with E-state index in [2.05, 4.69) is 10.6 Å². The summed E-state index contributed by atoms with van der Waals surface area (Å²) in [5.74, 6) is -0.566. The molecular weight excluding hydrogens is 458 g/mol. The van der Waals surface area contributed by atoms with Gasteiger partial charge in [-0.2, -0.15) is 0 Å². The van der Waals surface area contributed by atoms with Gasteiger partial charge in [0.1, 0.15) is 18.4 Å². The van der Waals surface area contributed by atoms with Gasteiger partial charge in [-0.15, -0.1) is 0 Å². The van der Waals surface area contributed by atoms with Crippen LogP contribution in [0.3, 0.4) is 0 Å². The molecule has 2 heterocycles. The number of hydrogen-bond acceptors (Lipinski definition) is 5. The second kappa shape index (κ2) is 10.0. The summed E-state index contributed by atoms with van der Waals surface area (Å²) in [5.41, 5.74) is 3.57. The molecule has 1 fully saturated rings. The van der Waals surface area contributed by atoms with Gasteiger partial charge in [0.25, 0.3) is 5.91 Å². The molecule has 0 spiro atoms. The molecule has 8 nitrogen and oxygen atoms in total. The summed E-state index contributed by atoms with van der Waals surface area (Å²) in [4.78, 5) is 51.0. The van der Waals surface area contributed by atoms with Crippen LogP contribution >= 0.6 is 0 Å². The van der Waals surface area contributed by atoms with E-state index in [1.165, 1.54) is 4.90 Å².